The maximum absolute atomic E-state index is 13.3. The summed E-state index contributed by atoms with van der Waals surface area (Å²) in [5, 5.41) is 0. The number of benzene rings is 7. The minimum atomic E-state index is -0.612. The lowest BCUT2D eigenvalue weighted by Gasteiger charge is -2.21. The summed E-state index contributed by atoms with van der Waals surface area (Å²) >= 11 is 0. The molecular formula is C59H56O11. The van der Waals surface area contributed by atoms with Crippen molar-refractivity contribution < 1.29 is 52.2 Å². The van der Waals surface area contributed by atoms with Crippen molar-refractivity contribution in [1.29, 1.82) is 0 Å². The van der Waals surface area contributed by atoms with Crippen molar-refractivity contribution >= 4 is 5.97 Å². The lowest BCUT2D eigenvalue weighted by molar-refractivity contribution is 0.0599. The summed E-state index contributed by atoms with van der Waals surface area (Å²) in [6.45, 7) is 13.1. The molecule has 0 fully saturated rings. The molecule has 0 aliphatic carbocycles. The Morgan fingerprint density at radius 2 is 0.600 bits per heavy atom. The Labute approximate surface area is 409 Å². The predicted octanol–water partition coefficient (Wildman–Crippen LogP) is 12.6. The molecule has 70 heavy (non-hydrogen) atoms. The Morgan fingerprint density at radius 3 is 0.843 bits per heavy atom. The summed E-state index contributed by atoms with van der Waals surface area (Å²) in [4.78, 5) is 13.3. The molecular weight excluding hydrogens is 885 g/mol. The van der Waals surface area contributed by atoms with Crippen molar-refractivity contribution in [2.45, 2.75) is 39.6 Å². The topological polar surface area (TPSA) is 109 Å². The Bertz CT molecular complexity index is 2470. The maximum atomic E-state index is 13.3. The first kappa shape index (κ1) is 49.3. The van der Waals surface area contributed by atoms with Gasteiger partial charge >= 0.3 is 5.97 Å². The lowest BCUT2D eigenvalue weighted by Crippen LogP contribution is -2.09. The molecule has 0 amide bonds. The van der Waals surface area contributed by atoms with Gasteiger partial charge in [0, 0.05) is 0 Å². The number of hydrogen-bond donors (Lipinski definition) is 0. The molecule has 0 N–H and O–H groups in total. The first-order valence-electron chi connectivity index (χ1n) is 22.7. The summed E-state index contributed by atoms with van der Waals surface area (Å²) in [5.74, 6) is 2.60. The molecule has 7 aromatic carbocycles. The molecule has 0 aliphatic rings. The highest BCUT2D eigenvalue weighted by molar-refractivity contribution is 5.91. The van der Waals surface area contributed by atoms with Gasteiger partial charge in [-0.25, -0.2) is 4.79 Å². The van der Waals surface area contributed by atoms with Crippen LogP contribution in [0, 0.1) is 0 Å². The molecule has 7 aromatic rings. The van der Waals surface area contributed by atoms with Crippen molar-refractivity contribution in [3.8, 4) is 51.7 Å². The van der Waals surface area contributed by atoms with Crippen molar-refractivity contribution in [2.75, 3.05) is 26.9 Å². The highest BCUT2D eigenvalue weighted by Gasteiger charge is 2.23. The second-order valence-electron chi connectivity index (χ2n) is 15.6. The smallest absolute Gasteiger partial charge is 0.338 e. The van der Waals surface area contributed by atoms with E-state index in [1.165, 1.54) is 7.11 Å². The van der Waals surface area contributed by atoms with Crippen LogP contribution in [0.15, 0.2) is 196 Å². The SMILES string of the molecule is C=CCOc1c(OCc2ccccc2)cc(COc2cc(C(=O)OC)cc(OCc3cc(OCc4ccccc4)c(OCC=C)c(OCc4ccccc4)c3)c2OCC=C)cc1OCc1ccccc1. The molecule has 11 heteroatoms. The van der Waals surface area contributed by atoms with Gasteiger partial charge in [0.05, 0.1) is 12.7 Å². The monoisotopic (exact) mass is 940 g/mol. The Morgan fingerprint density at radius 1 is 0.357 bits per heavy atom. The maximum Gasteiger partial charge on any atom is 0.338 e. The molecule has 7 rings (SSSR count). The lowest BCUT2D eigenvalue weighted by atomic mass is 10.1. The minimum Gasteiger partial charge on any atom is -0.485 e. The van der Waals surface area contributed by atoms with Crippen LogP contribution in [0.2, 0.25) is 0 Å². The van der Waals surface area contributed by atoms with Gasteiger partial charge in [-0.3, -0.25) is 0 Å². The van der Waals surface area contributed by atoms with Crippen LogP contribution >= 0.6 is 0 Å². The summed E-state index contributed by atoms with van der Waals surface area (Å²) in [6, 6.07) is 49.7. The number of rotatable bonds is 28. The molecule has 0 aromatic heterocycles. The fraction of sp³-hybridized carbons (Fsp3) is 0.169. The highest BCUT2D eigenvalue weighted by Crippen LogP contribution is 2.44. The van der Waals surface area contributed by atoms with Crippen molar-refractivity contribution in [2.24, 2.45) is 0 Å². The standard InChI is InChI=1S/C59H56O11/c1-5-28-62-56-50(65-37-43-20-12-8-13-21-43)31-47(32-51(56)66-38-44-22-14-9-15-23-44)41-69-54-35-49(59(60)61-4)36-55(58(54)64-30-7-3)70-42-48-33-52(67-39-45-24-16-10-17-25-45)57(63-29-6-2)53(34-48)68-40-46-26-18-11-19-27-46/h5-27,31-36H,1-3,28-30,37-42H2,4H3. The fourth-order valence-electron chi connectivity index (χ4n) is 7.00. The Balaban J connectivity index is 1.23. The molecule has 0 radical (unpaired) electrons. The average molecular weight is 941 g/mol. The first-order chi connectivity index (χ1) is 34.4. The number of esters is 1. The van der Waals surface area contributed by atoms with E-state index in [0.29, 0.717) is 45.6 Å². The molecule has 358 valence electrons. The molecule has 11 nitrogen and oxygen atoms in total. The number of carbonyl (C=O) groups is 1. The number of carbonyl (C=O) groups excluding carboxylic acids is 1. The molecule has 0 atom stereocenters. The number of hydrogen-bond acceptors (Lipinski definition) is 11. The van der Waals surface area contributed by atoms with Crippen LogP contribution in [0.4, 0.5) is 0 Å². The average Bonchev–Trinajstić information content (AvgIpc) is 3.41. The van der Waals surface area contributed by atoms with E-state index in [0.717, 1.165) is 22.3 Å². The third kappa shape index (κ3) is 14.2. The Hall–Kier alpha value is -8.57. The molecule has 0 saturated carbocycles. The number of methoxy groups -OCH3 is 1. The number of ether oxygens (including phenoxy) is 10. The molecule has 0 bridgehead atoms. The minimum absolute atomic E-state index is 0.0178. The second kappa shape index (κ2) is 26.1. The van der Waals surface area contributed by atoms with E-state index in [-0.39, 0.29) is 82.3 Å². The molecule has 0 aliphatic heterocycles. The van der Waals surface area contributed by atoms with E-state index in [1.54, 1.807) is 30.4 Å². The zero-order valence-electron chi connectivity index (χ0n) is 39.2. The second-order valence-corrected chi connectivity index (χ2v) is 15.6. The van der Waals surface area contributed by atoms with Crippen LogP contribution in [-0.4, -0.2) is 32.9 Å². The zero-order chi connectivity index (χ0) is 48.8. The summed E-state index contributed by atoms with van der Waals surface area (Å²) in [6.07, 6.45) is 4.91. The third-order valence-corrected chi connectivity index (χ3v) is 10.4. The van der Waals surface area contributed by atoms with E-state index >= 15 is 0 Å². The first-order valence-corrected chi connectivity index (χ1v) is 22.7. The predicted molar refractivity (Wildman–Crippen MR) is 270 cm³/mol. The van der Waals surface area contributed by atoms with E-state index in [4.69, 9.17) is 47.4 Å². The van der Waals surface area contributed by atoms with Crippen molar-refractivity contribution in [3.63, 3.8) is 0 Å². The largest absolute Gasteiger partial charge is 0.485 e. The fourth-order valence-corrected chi connectivity index (χ4v) is 7.00. The van der Waals surface area contributed by atoms with E-state index in [1.807, 2.05) is 146 Å². The summed E-state index contributed by atoms with van der Waals surface area (Å²) in [7, 11) is 1.30. The van der Waals surface area contributed by atoms with Gasteiger partial charge in [0.1, 0.15) is 59.5 Å². The van der Waals surface area contributed by atoms with Crippen LogP contribution in [0.1, 0.15) is 43.7 Å². The quantitative estimate of drug-likeness (QED) is 0.0346. The van der Waals surface area contributed by atoms with Gasteiger partial charge in [-0.05, 0) is 69.8 Å². The third-order valence-electron chi connectivity index (χ3n) is 10.4. The summed E-state index contributed by atoms with van der Waals surface area (Å²) in [5.41, 5.74) is 5.36. The van der Waals surface area contributed by atoms with E-state index < -0.39 is 5.97 Å². The van der Waals surface area contributed by atoms with Gasteiger partial charge in [-0.2, -0.15) is 0 Å². The molecule has 0 spiro atoms. The van der Waals surface area contributed by atoms with Gasteiger partial charge < -0.3 is 47.4 Å². The van der Waals surface area contributed by atoms with Crippen LogP contribution in [-0.2, 0) is 44.4 Å². The highest BCUT2D eigenvalue weighted by atomic mass is 16.6. The van der Waals surface area contributed by atoms with Crippen LogP contribution in [0.3, 0.4) is 0 Å². The van der Waals surface area contributed by atoms with Gasteiger partial charge in [0.15, 0.2) is 34.5 Å². The molecule has 0 saturated heterocycles. The summed E-state index contributed by atoms with van der Waals surface area (Å²) < 4.78 is 62.6. The normalized spacial score (nSPS) is 10.5. The van der Waals surface area contributed by atoms with Gasteiger partial charge in [0.25, 0.3) is 0 Å². The van der Waals surface area contributed by atoms with Crippen LogP contribution in [0.5, 0.6) is 51.7 Å². The van der Waals surface area contributed by atoms with Crippen molar-refractivity contribution in [3.05, 3.63) is 235 Å². The Kier molecular flexibility index (Phi) is 18.4. The van der Waals surface area contributed by atoms with Gasteiger partial charge in [0.2, 0.25) is 17.2 Å². The molecule has 0 heterocycles. The van der Waals surface area contributed by atoms with Crippen LogP contribution < -0.4 is 42.6 Å². The van der Waals surface area contributed by atoms with Gasteiger partial charge in [-0.15, -0.1) is 0 Å². The van der Waals surface area contributed by atoms with Gasteiger partial charge in [-0.1, -0.05) is 159 Å². The van der Waals surface area contributed by atoms with Crippen LogP contribution in [0.25, 0.3) is 0 Å². The van der Waals surface area contributed by atoms with Crippen molar-refractivity contribution in [1.82, 2.24) is 0 Å². The zero-order valence-corrected chi connectivity index (χ0v) is 39.2. The molecule has 0 unspecified atom stereocenters. The van der Waals surface area contributed by atoms with E-state index in [9.17, 15) is 4.79 Å². The van der Waals surface area contributed by atoms with E-state index in [2.05, 4.69) is 19.7 Å².